The molecule has 0 aromatic heterocycles. The second-order valence-electron chi connectivity index (χ2n) is 5.09. The van der Waals surface area contributed by atoms with Gasteiger partial charge in [-0.25, -0.2) is 0 Å². The molecule has 0 radical (unpaired) electrons. The molecule has 120 valence electrons. The Hall–Kier alpha value is -1.11. The second kappa shape index (κ2) is 8.36. The normalized spacial score (nSPS) is 13.7. The van der Waals surface area contributed by atoms with Crippen LogP contribution in [0.2, 0.25) is 0 Å². The average Bonchev–Trinajstić information content (AvgIpc) is 2.44. The van der Waals surface area contributed by atoms with E-state index in [-0.39, 0.29) is 6.04 Å². The van der Waals surface area contributed by atoms with Crippen LogP contribution < -0.4 is 5.32 Å². The second-order valence-corrected chi connectivity index (χ2v) is 5.09. The van der Waals surface area contributed by atoms with Gasteiger partial charge in [0, 0.05) is 32.8 Å². The summed E-state index contributed by atoms with van der Waals surface area (Å²) in [6.45, 7) is 5.10. The van der Waals surface area contributed by atoms with Crippen molar-refractivity contribution in [2.45, 2.75) is 19.1 Å². The topological polar surface area (TPSA) is 24.5 Å². The first kappa shape index (κ1) is 17.9. The third kappa shape index (κ3) is 6.46. The molecule has 0 saturated heterocycles. The number of hydrogen-bond donors (Lipinski definition) is 1. The van der Waals surface area contributed by atoms with Crippen molar-refractivity contribution < 1.29 is 17.9 Å². The largest absolute Gasteiger partial charge is 0.416 e. The lowest BCUT2D eigenvalue weighted by Gasteiger charge is -2.19. The van der Waals surface area contributed by atoms with Crippen molar-refractivity contribution in [3.8, 4) is 0 Å². The van der Waals surface area contributed by atoms with Crippen LogP contribution in [0.5, 0.6) is 0 Å². The molecule has 1 atom stereocenters. The molecule has 0 spiro atoms. The monoisotopic (exact) mass is 304 g/mol. The van der Waals surface area contributed by atoms with E-state index in [1.165, 1.54) is 12.1 Å². The maximum absolute atomic E-state index is 12.5. The number of hydrogen-bond acceptors (Lipinski definition) is 3. The summed E-state index contributed by atoms with van der Waals surface area (Å²) in [7, 11) is 3.67. The van der Waals surface area contributed by atoms with Gasteiger partial charge in [-0.3, -0.25) is 0 Å². The number of alkyl halides is 3. The summed E-state index contributed by atoms with van der Waals surface area (Å²) >= 11 is 0. The highest BCUT2D eigenvalue weighted by molar-refractivity contribution is 5.26. The zero-order valence-electron chi connectivity index (χ0n) is 12.7. The van der Waals surface area contributed by atoms with Crippen LogP contribution in [0.1, 0.15) is 24.1 Å². The van der Waals surface area contributed by atoms with E-state index in [1.807, 2.05) is 14.0 Å². The molecule has 0 saturated carbocycles. The van der Waals surface area contributed by atoms with Crippen LogP contribution in [0.3, 0.4) is 0 Å². The molecule has 1 aromatic rings. The molecule has 1 aromatic carbocycles. The Morgan fingerprint density at radius 3 is 2.33 bits per heavy atom. The summed E-state index contributed by atoms with van der Waals surface area (Å²) in [5.41, 5.74) is 0.236. The molecule has 6 heteroatoms. The lowest BCUT2D eigenvalue weighted by Crippen LogP contribution is -2.32. The standard InChI is InChI=1S/C15H23F3N2O/c1-12(19-8-9-20(2)10-11-21-3)13-4-6-14(7-5-13)15(16,17)18/h4-7,12,19H,8-11H2,1-3H3. The fourth-order valence-corrected chi connectivity index (χ4v) is 1.91. The SMILES string of the molecule is COCCN(C)CCNC(C)c1ccc(C(F)(F)F)cc1. The van der Waals surface area contributed by atoms with Crippen molar-refractivity contribution in [2.24, 2.45) is 0 Å². The molecule has 0 fully saturated rings. The fraction of sp³-hybridized carbons (Fsp3) is 0.600. The molecular formula is C15H23F3N2O. The molecule has 3 nitrogen and oxygen atoms in total. The van der Waals surface area contributed by atoms with Crippen molar-refractivity contribution in [3.05, 3.63) is 35.4 Å². The predicted octanol–water partition coefficient (Wildman–Crippen LogP) is 2.93. The van der Waals surface area contributed by atoms with E-state index in [1.54, 1.807) is 7.11 Å². The minimum Gasteiger partial charge on any atom is -0.383 e. The van der Waals surface area contributed by atoms with Crippen LogP contribution in [0.25, 0.3) is 0 Å². The van der Waals surface area contributed by atoms with Gasteiger partial charge in [0.05, 0.1) is 12.2 Å². The third-order valence-corrected chi connectivity index (χ3v) is 3.36. The Bertz CT molecular complexity index is 406. The molecule has 0 amide bonds. The van der Waals surface area contributed by atoms with Gasteiger partial charge in [-0.1, -0.05) is 12.1 Å². The molecule has 0 aliphatic rings. The number of benzene rings is 1. The van der Waals surface area contributed by atoms with Crippen LogP contribution in [0.4, 0.5) is 13.2 Å². The summed E-state index contributed by atoms with van der Waals surface area (Å²) < 4.78 is 42.4. The van der Waals surface area contributed by atoms with Crippen molar-refractivity contribution in [3.63, 3.8) is 0 Å². The average molecular weight is 304 g/mol. The molecule has 0 bridgehead atoms. The van der Waals surface area contributed by atoms with E-state index < -0.39 is 11.7 Å². The van der Waals surface area contributed by atoms with E-state index >= 15 is 0 Å². The van der Waals surface area contributed by atoms with Gasteiger partial charge in [-0.05, 0) is 31.7 Å². The zero-order valence-corrected chi connectivity index (χ0v) is 12.7. The first-order valence-corrected chi connectivity index (χ1v) is 6.92. The van der Waals surface area contributed by atoms with Gasteiger partial charge in [0.1, 0.15) is 0 Å². The lowest BCUT2D eigenvalue weighted by molar-refractivity contribution is -0.137. The number of nitrogens with one attached hydrogen (secondary N) is 1. The van der Waals surface area contributed by atoms with Crippen LogP contribution >= 0.6 is 0 Å². The van der Waals surface area contributed by atoms with Crippen molar-refractivity contribution in [1.82, 2.24) is 10.2 Å². The van der Waals surface area contributed by atoms with Crippen molar-refractivity contribution >= 4 is 0 Å². The summed E-state index contributed by atoms with van der Waals surface area (Å²) in [5.74, 6) is 0. The van der Waals surface area contributed by atoms with Crippen LogP contribution in [0, 0.1) is 0 Å². The summed E-state index contributed by atoms with van der Waals surface area (Å²) in [5, 5.41) is 3.30. The highest BCUT2D eigenvalue weighted by atomic mass is 19.4. The first-order chi connectivity index (χ1) is 9.84. The molecule has 21 heavy (non-hydrogen) atoms. The summed E-state index contributed by atoms with van der Waals surface area (Å²) in [6, 6.07) is 5.31. The number of nitrogens with zero attached hydrogens (tertiary/aromatic N) is 1. The summed E-state index contributed by atoms with van der Waals surface area (Å²) in [6.07, 6.45) is -4.28. The fourth-order valence-electron chi connectivity index (χ4n) is 1.91. The number of rotatable bonds is 8. The zero-order chi connectivity index (χ0) is 15.9. The first-order valence-electron chi connectivity index (χ1n) is 6.92. The molecular weight excluding hydrogens is 281 g/mol. The van der Waals surface area contributed by atoms with E-state index in [0.717, 1.165) is 37.3 Å². The maximum Gasteiger partial charge on any atom is 0.416 e. The smallest absolute Gasteiger partial charge is 0.383 e. The van der Waals surface area contributed by atoms with Gasteiger partial charge >= 0.3 is 6.18 Å². The number of methoxy groups -OCH3 is 1. The Balaban J connectivity index is 2.40. The molecule has 1 N–H and O–H groups in total. The van der Waals surface area contributed by atoms with Gasteiger partial charge in [0.2, 0.25) is 0 Å². The van der Waals surface area contributed by atoms with Gasteiger partial charge in [-0.15, -0.1) is 0 Å². The van der Waals surface area contributed by atoms with Crippen LogP contribution in [-0.4, -0.2) is 45.3 Å². The van der Waals surface area contributed by atoms with Gasteiger partial charge < -0.3 is 15.0 Å². The molecule has 1 rings (SSSR count). The minimum absolute atomic E-state index is 0.0168. The number of likely N-dealkylation sites (N-methyl/N-ethyl adjacent to an activating group) is 1. The Labute approximate surface area is 124 Å². The Kier molecular flexibility index (Phi) is 7.14. The van der Waals surface area contributed by atoms with E-state index in [0.29, 0.717) is 6.61 Å². The predicted molar refractivity (Wildman–Crippen MR) is 77.2 cm³/mol. The van der Waals surface area contributed by atoms with E-state index in [4.69, 9.17) is 4.74 Å². The van der Waals surface area contributed by atoms with Crippen LogP contribution in [-0.2, 0) is 10.9 Å². The van der Waals surface area contributed by atoms with Gasteiger partial charge in [0.15, 0.2) is 0 Å². The van der Waals surface area contributed by atoms with Crippen molar-refractivity contribution in [1.29, 1.82) is 0 Å². The highest BCUT2D eigenvalue weighted by Gasteiger charge is 2.30. The van der Waals surface area contributed by atoms with Gasteiger partial charge in [0.25, 0.3) is 0 Å². The van der Waals surface area contributed by atoms with Crippen molar-refractivity contribution in [2.75, 3.05) is 40.4 Å². The molecule has 0 aliphatic heterocycles. The highest BCUT2D eigenvalue weighted by Crippen LogP contribution is 2.29. The lowest BCUT2D eigenvalue weighted by atomic mass is 10.1. The maximum atomic E-state index is 12.5. The quantitative estimate of drug-likeness (QED) is 0.799. The third-order valence-electron chi connectivity index (χ3n) is 3.36. The van der Waals surface area contributed by atoms with Crippen LogP contribution in [0.15, 0.2) is 24.3 Å². The molecule has 1 unspecified atom stereocenters. The molecule has 0 aliphatic carbocycles. The Morgan fingerprint density at radius 2 is 1.81 bits per heavy atom. The summed E-state index contributed by atoms with van der Waals surface area (Å²) in [4.78, 5) is 2.13. The van der Waals surface area contributed by atoms with E-state index in [2.05, 4.69) is 10.2 Å². The van der Waals surface area contributed by atoms with Gasteiger partial charge in [-0.2, -0.15) is 13.2 Å². The number of halogens is 3. The minimum atomic E-state index is -4.28. The molecule has 0 heterocycles. The van der Waals surface area contributed by atoms with E-state index in [9.17, 15) is 13.2 Å². The number of ether oxygens (including phenoxy) is 1. The Morgan fingerprint density at radius 1 is 1.19 bits per heavy atom.